The summed E-state index contributed by atoms with van der Waals surface area (Å²) in [4.78, 5) is 2.49. The second kappa shape index (κ2) is 11.0. The molecule has 0 aromatic rings. The third-order valence-electron chi connectivity index (χ3n) is 3.44. The first-order valence-electron chi connectivity index (χ1n) is 7.64. The Bertz CT molecular complexity index is 159. The second-order valence-corrected chi connectivity index (χ2v) is 5.25. The van der Waals surface area contributed by atoms with Gasteiger partial charge in [-0.2, -0.15) is 0 Å². The first kappa shape index (κ1) is 16.9. The van der Waals surface area contributed by atoms with E-state index in [2.05, 4.69) is 31.1 Å². The lowest BCUT2D eigenvalue weighted by molar-refractivity contribution is 0.305. The fraction of sp³-hybridized carbons (Fsp3) is 1.00. The molecule has 2 atom stereocenters. The number of nitrogens with one attached hydrogen (secondary N) is 1. The van der Waals surface area contributed by atoms with Gasteiger partial charge in [-0.15, -0.1) is 0 Å². The molecule has 0 aromatic heterocycles. The standard InChI is InChI=1S/C13H28N2.C2H6/c1-4-5-6-8-15(3)9-7-13-10-12(2)11-14-13;1-2/h12-14H,4-11H2,1-3H3;1-2H3. The zero-order valence-electron chi connectivity index (χ0n) is 12.8. The number of hydrogen-bond acceptors (Lipinski definition) is 2. The number of rotatable bonds is 7. The number of nitrogens with zero attached hydrogens (tertiary/aromatic N) is 1. The third kappa shape index (κ3) is 8.62. The van der Waals surface area contributed by atoms with E-state index in [0.717, 1.165) is 12.0 Å². The van der Waals surface area contributed by atoms with Crippen molar-refractivity contribution in [2.45, 2.75) is 65.8 Å². The van der Waals surface area contributed by atoms with E-state index in [1.807, 2.05) is 13.8 Å². The lowest BCUT2D eigenvalue weighted by atomic mass is 10.1. The van der Waals surface area contributed by atoms with Gasteiger partial charge in [-0.3, -0.25) is 0 Å². The molecule has 2 heteroatoms. The Kier molecular flexibility index (Phi) is 11.0. The summed E-state index contributed by atoms with van der Waals surface area (Å²) in [6.45, 7) is 12.4. The predicted octanol–water partition coefficient (Wildman–Crippen LogP) is 3.52. The summed E-state index contributed by atoms with van der Waals surface area (Å²) in [5, 5.41) is 3.60. The Balaban J connectivity index is 0.00000121. The molecule has 0 aromatic carbocycles. The summed E-state index contributed by atoms with van der Waals surface area (Å²) in [6, 6.07) is 0.786. The van der Waals surface area contributed by atoms with Crippen molar-refractivity contribution in [1.82, 2.24) is 10.2 Å². The van der Waals surface area contributed by atoms with Crippen molar-refractivity contribution >= 4 is 0 Å². The van der Waals surface area contributed by atoms with Gasteiger partial charge in [-0.25, -0.2) is 0 Å². The van der Waals surface area contributed by atoms with Crippen molar-refractivity contribution in [2.24, 2.45) is 5.92 Å². The van der Waals surface area contributed by atoms with Crippen LogP contribution in [-0.4, -0.2) is 37.6 Å². The van der Waals surface area contributed by atoms with Crippen LogP contribution in [0, 0.1) is 5.92 Å². The van der Waals surface area contributed by atoms with Gasteiger partial charge >= 0.3 is 0 Å². The van der Waals surface area contributed by atoms with Gasteiger partial charge in [-0.05, 0) is 51.9 Å². The third-order valence-corrected chi connectivity index (χ3v) is 3.44. The van der Waals surface area contributed by atoms with Crippen LogP contribution in [0.2, 0.25) is 0 Å². The molecule has 1 rings (SSSR count). The summed E-state index contributed by atoms with van der Waals surface area (Å²) < 4.78 is 0. The van der Waals surface area contributed by atoms with Crippen LogP contribution in [0.5, 0.6) is 0 Å². The van der Waals surface area contributed by atoms with E-state index in [4.69, 9.17) is 0 Å². The van der Waals surface area contributed by atoms with Crippen LogP contribution < -0.4 is 5.32 Å². The van der Waals surface area contributed by atoms with Crippen LogP contribution >= 0.6 is 0 Å². The fourth-order valence-electron chi connectivity index (χ4n) is 2.36. The lowest BCUT2D eigenvalue weighted by Gasteiger charge is -2.19. The summed E-state index contributed by atoms with van der Waals surface area (Å²) in [5.41, 5.74) is 0. The lowest BCUT2D eigenvalue weighted by Crippen LogP contribution is -2.29. The van der Waals surface area contributed by atoms with Crippen molar-refractivity contribution < 1.29 is 0 Å². The molecule has 1 saturated heterocycles. The highest BCUT2D eigenvalue weighted by atomic mass is 15.1. The monoisotopic (exact) mass is 242 g/mol. The fourth-order valence-corrected chi connectivity index (χ4v) is 2.36. The van der Waals surface area contributed by atoms with Crippen LogP contribution in [-0.2, 0) is 0 Å². The van der Waals surface area contributed by atoms with Crippen molar-refractivity contribution in [3.63, 3.8) is 0 Å². The molecule has 0 aliphatic carbocycles. The molecule has 1 heterocycles. The normalized spacial score (nSPS) is 23.6. The minimum atomic E-state index is 0.786. The number of hydrogen-bond donors (Lipinski definition) is 1. The Morgan fingerprint density at radius 1 is 1.18 bits per heavy atom. The van der Waals surface area contributed by atoms with Gasteiger partial charge in [-0.1, -0.05) is 40.5 Å². The Morgan fingerprint density at radius 3 is 2.41 bits per heavy atom. The van der Waals surface area contributed by atoms with E-state index in [9.17, 15) is 0 Å². The van der Waals surface area contributed by atoms with E-state index in [0.29, 0.717) is 0 Å². The van der Waals surface area contributed by atoms with Crippen molar-refractivity contribution in [1.29, 1.82) is 0 Å². The average molecular weight is 242 g/mol. The maximum Gasteiger partial charge on any atom is 0.00823 e. The molecule has 2 unspecified atom stereocenters. The molecule has 104 valence electrons. The van der Waals surface area contributed by atoms with Crippen molar-refractivity contribution in [3.05, 3.63) is 0 Å². The summed E-state index contributed by atoms with van der Waals surface area (Å²) in [7, 11) is 2.26. The molecule has 1 aliphatic heterocycles. The van der Waals surface area contributed by atoms with Gasteiger partial charge in [0.25, 0.3) is 0 Å². The highest BCUT2D eigenvalue weighted by Gasteiger charge is 2.20. The van der Waals surface area contributed by atoms with Gasteiger partial charge < -0.3 is 10.2 Å². The van der Waals surface area contributed by atoms with E-state index in [1.165, 1.54) is 51.7 Å². The molecule has 17 heavy (non-hydrogen) atoms. The maximum absolute atomic E-state index is 3.60. The van der Waals surface area contributed by atoms with Crippen molar-refractivity contribution in [2.75, 3.05) is 26.7 Å². The summed E-state index contributed by atoms with van der Waals surface area (Å²) >= 11 is 0. The van der Waals surface area contributed by atoms with Crippen LogP contribution in [0.4, 0.5) is 0 Å². The van der Waals surface area contributed by atoms with E-state index >= 15 is 0 Å². The zero-order valence-corrected chi connectivity index (χ0v) is 12.8. The SMILES string of the molecule is CC.CCCCCN(C)CCC1CC(C)CN1. The predicted molar refractivity (Wildman–Crippen MR) is 78.6 cm³/mol. The molecule has 0 saturated carbocycles. The van der Waals surface area contributed by atoms with E-state index in [1.54, 1.807) is 0 Å². The zero-order chi connectivity index (χ0) is 13.1. The molecule has 0 bridgehead atoms. The molecule has 1 aliphatic rings. The minimum Gasteiger partial charge on any atom is -0.314 e. The summed E-state index contributed by atoms with van der Waals surface area (Å²) in [6.07, 6.45) is 6.77. The first-order chi connectivity index (χ1) is 8.22. The van der Waals surface area contributed by atoms with E-state index in [-0.39, 0.29) is 0 Å². The highest BCUT2D eigenvalue weighted by molar-refractivity contribution is 4.79. The second-order valence-electron chi connectivity index (χ2n) is 5.25. The van der Waals surface area contributed by atoms with Gasteiger partial charge in [0.05, 0.1) is 0 Å². The average Bonchev–Trinajstić information content (AvgIpc) is 2.76. The minimum absolute atomic E-state index is 0.786. The van der Waals surface area contributed by atoms with Crippen LogP contribution in [0.1, 0.15) is 59.8 Å². The molecular formula is C15H34N2. The van der Waals surface area contributed by atoms with Crippen molar-refractivity contribution in [3.8, 4) is 0 Å². The highest BCUT2D eigenvalue weighted by Crippen LogP contribution is 2.15. The Labute approximate surface area is 109 Å². The molecule has 0 spiro atoms. The maximum atomic E-state index is 3.60. The molecular weight excluding hydrogens is 208 g/mol. The van der Waals surface area contributed by atoms with Crippen LogP contribution in [0.15, 0.2) is 0 Å². The summed E-state index contributed by atoms with van der Waals surface area (Å²) in [5.74, 6) is 0.889. The topological polar surface area (TPSA) is 15.3 Å². The molecule has 2 nitrogen and oxygen atoms in total. The molecule has 1 fully saturated rings. The number of unbranched alkanes of at least 4 members (excludes halogenated alkanes) is 2. The quantitative estimate of drug-likeness (QED) is 0.687. The molecule has 0 amide bonds. The van der Waals surface area contributed by atoms with Gasteiger partial charge in [0, 0.05) is 6.04 Å². The molecule has 1 N–H and O–H groups in total. The smallest absolute Gasteiger partial charge is 0.00823 e. The molecule has 0 radical (unpaired) electrons. The van der Waals surface area contributed by atoms with Crippen LogP contribution in [0.3, 0.4) is 0 Å². The van der Waals surface area contributed by atoms with Crippen LogP contribution in [0.25, 0.3) is 0 Å². The van der Waals surface area contributed by atoms with Gasteiger partial charge in [0.15, 0.2) is 0 Å². The Hall–Kier alpha value is -0.0800. The van der Waals surface area contributed by atoms with E-state index < -0.39 is 0 Å². The van der Waals surface area contributed by atoms with Gasteiger partial charge in [0.2, 0.25) is 0 Å². The van der Waals surface area contributed by atoms with Gasteiger partial charge in [0.1, 0.15) is 0 Å². The largest absolute Gasteiger partial charge is 0.314 e. The Morgan fingerprint density at radius 2 is 1.88 bits per heavy atom. The first-order valence-corrected chi connectivity index (χ1v) is 7.64.